The Labute approximate surface area is 149 Å². The second-order valence-electron chi connectivity index (χ2n) is 5.69. The maximum atomic E-state index is 13.2. The van der Waals surface area contributed by atoms with E-state index in [1.807, 2.05) is 0 Å². The number of amides is 1. The van der Waals surface area contributed by atoms with Crippen LogP contribution >= 0.6 is 0 Å². The van der Waals surface area contributed by atoms with E-state index in [0.29, 0.717) is 16.9 Å². The summed E-state index contributed by atoms with van der Waals surface area (Å²) in [6, 6.07) is 11.8. The van der Waals surface area contributed by atoms with Crippen molar-refractivity contribution in [1.29, 1.82) is 0 Å². The number of carbonyl (C=O) groups excluding carboxylic acids is 2. The third-order valence-corrected chi connectivity index (χ3v) is 4.11. The zero-order valence-electron chi connectivity index (χ0n) is 14.2. The molecule has 0 unspecified atom stereocenters. The van der Waals surface area contributed by atoms with Crippen molar-refractivity contribution in [2.45, 2.75) is 6.92 Å². The Kier molecular flexibility index (Phi) is 4.58. The van der Waals surface area contributed by atoms with E-state index in [-0.39, 0.29) is 16.9 Å². The summed E-state index contributed by atoms with van der Waals surface area (Å²) in [5.74, 6) is -1.57. The van der Waals surface area contributed by atoms with Crippen molar-refractivity contribution in [3.63, 3.8) is 0 Å². The summed E-state index contributed by atoms with van der Waals surface area (Å²) < 4.78 is 18.0. The molecule has 1 N–H and O–H groups in total. The Morgan fingerprint density at radius 2 is 1.81 bits per heavy atom. The number of aromatic hydroxyl groups is 1. The largest absolute Gasteiger partial charge is 0.507 e. The van der Waals surface area contributed by atoms with Crippen LogP contribution in [0.1, 0.15) is 12.5 Å². The highest BCUT2D eigenvalue weighted by atomic mass is 19.1. The normalized spacial score (nSPS) is 15.7. The van der Waals surface area contributed by atoms with E-state index in [1.54, 1.807) is 25.1 Å². The molecule has 0 saturated heterocycles. The smallest absolute Gasteiger partial charge is 0.340 e. The number of nitrogens with zero attached hydrogens (tertiary/aromatic N) is 1. The summed E-state index contributed by atoms with van der Waals surface area (Å²) in [5.41, 5.74) is 1.39. The zero-order valence-corrected chi connectivity index (χ0v) is 14.2. The predicted molar refractivity (Wildman–Crippen MR) is 94.7 cm³/mol. The lowest BCUT2D eigenvalue weighted by atomic mass is 10.0. The molecule has 26 heavy (non-hydrogen) atoms. The number of benzene rings is 2. The van der Waals surface area contributed by atoms with Gasteiger partial charge in [-0.05, 0) is 43.3 Å². The molecule has 5 nitrogen and oxygen atoms in total. The van der Waals surface area contributed by atoms with Crippen LogP contribution in [0.5, 0.6) is 5.75 Å². The minimum atomic E-state index is -0.665. The lowest BCUT2D eigenvalue weighted by Gasteiger charge is -2.17. The van der Waals surface area contributed by atoms with Gasteiger partial charge in [0.15, 0.2) is 0 Å². The minimum absolute atomic E-state index is 0.0186. The first-order chi connectivity index (χ1) is 12.4. The van der Waals surface area contributed by atoms with E-state index < -0.39 is 17.7 Å². The fourth-order valence-corrected chi connectivity index (χ4v) is 2.85. The van der Waals surface area contributed by atoms with Gasteiger partial charge in [-0.2, -0.15) is 0 Å². The van der Waals surface area contributed by atoms with Gasteiger partial charge in [-0.3, -0.25) is 9.69 Å². The Morgan fingerprint density at radius 3 is 2.42 bits per heavy atom. The molecular weight excluding hydrogens is 337 g/mol. The first-order valence-corrected chi connectivity index (χ1v) is 7.83. The van der Waals surface area contributed by atoms with Gasteiger partial charge in [0.2, 0.25) is 0 Å². The number of halogens is 1. The number of para-hydroxylation sites is 1. The third-order valence-electron chi connectivity index (χ3n) is 4.11. The lowest BCUT2D eigenvalue weighted by molar-refractivity contribution is -0.136. The molecule has 3 rings (SSSR count). The van der Waals surface area contributed by atoms with Gasteiger partial charge in [-0.15, -0.1) is 0 Å². The molecule has 0 aliphatic carbocycles. The molecular formula is C20H16FNO4. The Hall–Kier alpha value is -3.41. The summed E-state index contributed by atoms with van der Waals surface area (Å²) in [4.78, 5) is 26.6. The maximum absolute atomic E-state index is 13.2. The minimum Gasteiger partial charge on any atom is -0.507 e. The van der Waals surface area contributed by atoms with Crippen LogP contribution < -0.4 is 4.90 Å². The highest BCUT2D eigenvalue weighted by molar-refractivity contribution is 6.23. The summed E-state index contributed by atoms with van der Waals surface area (Å²) in [5, 5.41) is 9.98. The topological polar surface area (TPSA) is 66.8 Å². The number of rotatable bonds is 3. The summed E-state index contributed by atoms with van der Waals surface area (Å²) in [6.07, 6.45) is 1.44. The maximum Gasteiger partial charge on any atom is 0.340 e. The van der Waals surface area contributed by atoms with E-state index >= 15 is 0 Å². The molecule has 1 amide bonds. The molecule has 0 spiro atoms. The number of ether oxygens (including phenoxy) is 1. The highest BCUT2D eigenvalue weighted by Crippen LogP contribution is 2.36. The van der Waals surface area contributed by atoms with Gasteiger partial charge in [-0.1, -0.05) is 18.2 Å². The number of hydrogen-bond donors (Lipinski definition) is 1. The van der Waals surface area contributed by atoms with E-state index in [0.717, 1.165) is 0 Å². The van der Waals surface area contributed by atoms with Crippen molar-refractivity contribution < 1.29 is 23.8 Å². The standard InChI is InChI=1S/C20H16FNO4/c1-12-18(20(25)26-2)16(11-13-5-3-4-6-17(13)23)19(24)22(12)15-9-7-14(21)8-10-15/h3-11,23H,1-2H3/b16-11-. The quantitative estimate of drug-likeness (QED) is 0.678. The second-order valence-corrected chi connectivity index (χ2v) is 5.69. The Balaban J connectivity index is 2.15. The van der Waals surface area contributed by atoms with E-state index in [1.165, 1.54) is 48.4 Å². The van der Waals surface area contributed by atoms with Crippen molar-refractivity contribution in [3.05, 3.63) is 76.8 Å². The van der Waals surface area contributed by atoms with Crippen molar-refractivity contribution in [2.75, 3.05) is 12.0 Å². The fourth-order valence-electron chi connectivity index (χ4n) is 2.85. The summed E-state index contributed by atoms with van der Waals surface area (Å²) >= 11 is 0. The molecule has 0 bridgehead atoms. The molecule has 132 valence electrons. The molecule has 0 saturated carbocycles. The SMILES string of the molecule is COC(=O)C1=C(C)N(c2ccc(F)cc2)C(=O)/C1=C\c1ccccc1O. The number of carbonyl (C=O) groups is 2. The van der Waals surface area contributed by atoms with Crippen LogP contribution in [-0.2, 0) is 14.3 Å². The zero-order chi connectivity index (χ0) is 18.8. The van der Waals surface area contributed by atoms with Gasteiger partial charge in [0.1, 0.15) is 11.6 Å². The Morgan fingerprint density at radius 1 is 1.15 bits per heavy atom. The number of hydrogen-bond acceptors (Lipinski definition) is 4. The molecule has 1 heterocycles. The highest BCUT2D eigenvalue weighted by Gasteiger charge is 2.38. The molecule has 2 aromatic rings. The van der Waals surface area contributed by atoms with Gasteiger partial charge in [0, 0.05) is 16.9 Å². The first-order valence-electron chi connectivity index (χ1n) is 7.83. The van der Waals surface area contributed by atoms with Crippen molar-refractivity contribution >= 4 is 23.6 Å². The van der Waals surface area contributed by atoms with Crippen LogP contribution in [0.2, 0.25) is 0 Å². The summed E-state index contributed by atoms with van der Waals surface area (Å²) in [7, 11) is 1.23. The predicted octanol–water partition coefficient (Wildman–Crippen LogP) is 3.41. The number of phenolic OH excluding ortho intramolecular Hbond substituents is 1. The molecule has 0 atom stereocenters. The van der Waals surface area contributed by atoms with Gasteiger partial charge in [0.05, 0.1) is 18.3 Å². The number of anilines is 1. The molecule has 2 aromatic carbocycles. The molecule has 6 heteroatoms. The number of allylic oxidation sites excluding steroid dienone is 1. The lowest BCUT2D eigenvalue weighted by Crippen LogP contribution is -2.24. The van der Waals surface area contributed by atoms with Crippen LogP contribution in [0.4, 0.5) is 10.1 Å². The van der Waals surface area contributed by atoms with Crippen LogP contribution in [0, 0.1) is 5.82 Å². The first kappa shape index (κ1) is 17.4. The monoisotopic (exact) mass is 353 g/mol. The van der Waals surface area contributed by atoms with E-state index in [4.69, 9.17) is 4.74 Å². The fraction of sp³-hybridized carbons (Fsp3) is 0.100. The van der Waals surface area contributed by atoms with E-state index in [9.17, 15) is 19.1 Å². The van der Waals surface area contributed by atoms with Crippen LogP contribution in [0.3, 0.4) is 0 Å². The second kappa shape index (κ2) is 6.84. The molecule has 0 aromatic heterocycles. The van der Waals surface area contributed by atoms with Gasteiger partial charge >= 0.3 is 5.97 Å². The third kappa shape index (κ3) is 2.97. The van der Waals surface area contributed by atoms with Crippen LogP contribution in [-0.4, -0.2) is 24.1 Å². The van der Waals surface area contributed by atoms with E-state index in [2.05, 4.69) is 0 Å². The molecule has 1 aliphatic rings. The van der Waals surface area contributed by atoms with Crippen molar-refractivity contribution in [1.82, 2.24) is 0 Å². The summed E-state index contributed by atoms with van der Waals surface area (Å²) in [6.45, 7) is 1.61. The average molecular weight is 353 g/mol. The van der Waals surface area contributed by atoms with Gasteiger partial charge in [-0.25, -0.2) is 9.18 Å². The van der Waals surface area contributed by atoms with Crippen LogP contribution in [0.15, 0.2) is 65.4 Å². The number of phenols is 1. The van der Waals surface area contributed by atoms with Crippen molar-refractivity contribution in [2.24, 2.45) is 0 Å². The molecule has 0 radical (unpaired) electrons. The average Bonchev–Trinajstić information content (AvgIpc) is 2.87. The van der Waals surface area contributed by atoms with Gasteiger partial charge in [0.25, 0.3) is 5.91 Å². The Bertz CT molecular complexity index is 945. The van der Waals surface area contributed by atoms with Gasteiger partial charge < -0.3 is 9.84 Å². The van der Waals surface area contributed by atoms with Crippen LogP contribution in [0.25, 0.3) is 6.08 Å². The number of methoxy groups -OCH3 is 1. The molecule has 0 fully saturated rings. The van der Waals surface area contributed by atoms with Crippen molar-refractivity contribution in [3.8, 4) is 5.75 Å². The number of esters is 1. The molecule has 1 aliphatic heterocycles.